The number of hydrogen-bond donors (Lipinski definition) is 2. The van der Waals surface area contributed by atoms with Gasteiger partial charge in [-0.1, -0.05) is 0 Å². The summed E-state index contributed by atoms with van der Waals surface area (Å²) in [4.78, 5) is 11.4. The Morgan fingerprint density at radius 3 is 2.76 bits per heavy atom. The Hall–Kier alpha value is -2.54. The third-order valence-corrected chi connectivity index (χ3v) is 4.23. The minimum absolute atomic E-state index is 0.276. The van der Waals surface area contributed by atoms with Crippen LogP contribution in [-0.4, -0.2) is 48.8 Å². The Labute approximate surface area is 147 Å². The summed E-state index contributed by atoms with van der Waals surface area (Å²) in [5, 5.41) is 6.68. The molecule has 0 unspecified atom stereocenters. The highest BCUT2D eigenvalue weighted by Crippen LogP contribution is 2.40. The van der Waals surface area contributed by atoms with Crippen LogP contribution in [0.1, 0.15) is 24.5 Å². The summed E-state index contributed by atoms with van der Waals surface area (Å²) >= 11 is 0. The first kappa shape index (κ1) is 16.0. The maximum absolute atomic E-state index is 5.44. The Kier molecular flexibility index (Phi) is 4.31. The van der Waals surface area contributed by atoms with Gasteiger partial charge in [-0.05, 0) is 39.1 Å². The topological polar surface area (TPSA) is 71.5 Å². The van der Waals surface area contributed by atoms with E-state index in [0.717, 1.165) is 41.8 Å². The lowest BCUT2D eigenvalue weighted by Gasteiger charge is -2.13. The number of likely N-dealkylation sites (N-methyl/N-ethyl adjacent to an activating group) is 1. The van der Waals surface area contributed by atoms with Gasteiger partial charge in [0.1, 0.15) is 5.82 Å². The maximum Gasteiger partial charge on any atom is 0.231 e. The van der Waals surface area contributed by atoms with Crippen molar-refractivity contribution in [1.82, 2.24) is 14.9 Å². The lowest BCUT2D eigenvalue weighted by Crippen LogP contribution is -2.21. The van der Waals surface area contributed by atoms with E-state index in [1.165, 1.54) is 12.8 Å². The smallest absolute Gasteiger partial charge is 0.231 e. The highest BCUT2D eigenvalue weighted by Gasteiger charge is 2.26. The summed E-state index contributed by atoms with van der Waals surface area (Å²) in [6.07, 6.45) is 2.41. The molecular weight excluding hydrogens is 318 g/mol. The van der Waals surface area contributed by atoms with Crippen LogP contribution in [0.5, 0.6) is 11.5 Å². The van der Waals surface area contributed by atoms with E-state index in [1.54, 1.807) is 0 Å². The molecule has 1 saturated carbocycles. The second-order valence-corrected chi connectivity index (χ2v) is 6.70. The molecule has 7 heteroatoms. The Bertz CT molecular complexity index is 761. The van der Waals surface area contributed by atoms with Crippen LogP contribution in [0.25, 0.3) is 0 Å². The number of nitrogens with one attached hydrogen (secondary N) is 2. The number of benzene rings is 1. The van der Waals surface area contributed by atoms with Crippen LogP contribution in [-0.2, 0) is 0 Å². The van der Waals surface area contributed by atoms with Crippen molar-refractivity contribution in [3.8, 4) is 11.5 Å². The molecule has 1 aromatic heterocycles. The predicted octanol–water partition coefficient (Wildman–Crippen LogP) is 2.80. The zero-order chi connectivity index (χ0) is 17.2. The molecule has 1 aliphatic heterocycles. The molecule has 2 heterocycles. The maximum atomic E-state index is 5.44. The molecule has 1 aliphatic carbocycles. The van der Waals surface area contributed by atoms with E-state index in [-0.39, 0.29) is 6.79 Å². The largest absolute Gasteiger partial charge is 0.454 e. The number of anilines is 3. The normalized spacial score (nSPS) is 15.5. The fraction of sp³-hybridized carbons (Fsp3) is 0.444. The zero-order valence-electron chi connectivity index (χ0n) is 14.6. The molecule has 4 rings (SSSR count). The van der Waals surface area contributed by atoms with Gasteiger partial charge in [0.05, 0.1) is 5.69 Å². The second kappa shape index (κ2) is 6.76. The molecule has 2 aliphatic rings. The molecule has 0 atom stereocenters. The lowest BCUT2D eigenvalue weighted by molar-refractivity contribution is 0.174. The van der Waals surface area contributed by atoms with Gasteiger partial charge in [-0.3, -0.25) is 0 Å². The molecular formula is C18H23N5O2. The van der Waals surface area contributed by atoms with E-state index in [1.807, 2.05) is 24.3 Å². The number of aromatic nitrogens is 2. The van der Waals surface area contributed by atoms with Crippen LogP contribution >= 0.6 is 0 Å². The fourth-order valence-corrected chi connectivity index (χ4v) is 2.71. The monoisotopic (exact) mass is 341 g/mol. The zero-order valence-corrected chi connectivity index (χ0v) is 14.6. The summed E-state index contributed by atoms with van der Waals surface area (Å²) in [5.74, 6) is 3.57. The first-order valence-electron chi connectivity index (χ1n) is 8.61. The molecule has 0 saturated heterocycles. The molecule has 7 nitrogen and oxygen atoms in total. The number of rotatable bonds is 7. The standard InChI is InChI=1S/C18H23N5O2/c1-23(2)8-7-19-18-21-14(12-3-4-12)10-17(22-18)20-13-5-6-15-16(9-13)25-11-24-15/h5-6,9-10,12H,3-4,7-8,11H2,1-2H3,(H2,19,20,21,22). The van der Waals surface area contributed by atoms with Crippen molar-refractivity contribution in [2.45, 2.75) is 18.8 Å². The first-order chi connectivity index (χ1) is 12.2. The van der Waals surface area contributed by atoms with Gasteiger partial charge in [0.15, 0.2) is 11.5 Å². The van der Waals surface area contributed by atoms with Gasteiger partial charge >= 0.3 is 0 Å². The number of ether oxygens (including phenoxy) is 2. The average Bonchev–Trinajstić information content (AvgIpc) is 3.33. The Balaban J connectivity index is 1.52. The number of nitrogens with zero attached hydrogens (tertiary/aromatic N) is 3. The van der Waals surface area contributed by atoms with E-state index >= 15 is 0 Å². The van der Waals surface area contributed by atoms with Gasteiger partial charge in [-0.2, -0.15) is 4.98 Å². The molecule has 0 radical (unpaired) electrons. The van der Waals surface area contributed by atoms with E-state index in [0.29, 0.717) is 11.9 Å². The van der Waals surface area contributed by atoms with Crippen molar-refractivity contribution in [2.75, 3.05) is 44.6 Å². The summed E-state index contributed by atoms with van der Waals surface area (Å²) in [6.45, 7) is 2.02. The minimum Gasteiger partial charge on any atom is -0.454 e. The lowest BCUT2D eigenvalue weighted by atomic mass is 10.2. The molecule has 132 valence electrons. The summed E-state index contributed by atoms with van der Waals surface area (Å²) < 4.78 is 10.8. The first-order valence-corrected chi connectivity index (χ1v) is 8.61. The summed E-state index contributed by atoms with van der Waals surface area (Å²) in [7, 11) is 4.10. The molecule has 1 aromatic carbocycles. The molecule has 2 N–H and O–H groups in total. The fourth-order valence-electron chi connectivity index (χ4n) is 2.71. The van der Waals surface area contributed by atoms with E-state index < -0.39 is 0 Å². The van der Waals surface area contributed by atoms with Crippen molar-refractivity contribution in [2.24, 2.45) is 0 Å². The van der Waals surface area contributed by atoms with Gasteiger partial charge in [-0.25, -0.2) is 4.98 Å². The third-order valence-electron chi connectivity index (χ3n) is 4.23. The van der Waals surface area contributed by atoms with Gasteiger partial charge in [0, 0.05) is 36.8 Å². The van der Waals surface area contributed by atoms with Crippen LogP contribution in [0.4, 0.5) is 17.5 Å². The van der Waals surface area contributed by atoms with Crippen molar-refractivity contribution in [3.05, 3.63) is 30.0 Å². The van der Waals surface area contributed by atoms with Crippen LogP contribution in [0.3, 0.4) is 0 Å². The van der Waals surface area contributed by atoms with Gasteiger partial charge in [0.25, 0.3) is 0 Å². The molecule has 2 aromatic rings. The van der Waals surface area contributed by atoms with Gasteiger partial charge < -0.3 is 25.0 Å². The van der Waals surface area contributed by atoms with Crippen LogP contribution in [0, 0.1) is 0 Å². The molecule has 0 spiro atoms. The van der Waals surface area contributed by atoms with Crippen LogP contribution < -0.4 is 20.1 Å². The van der Waals surface area contributed by atoms with Crippen molar-refractivity contribution in [3.63, 3.8) is 0 Å². The molecule has 0 amide bonds. The third kappa shape index (κ3) is 3.93. The summed E-state index contributed by atoms with van der Waals surface area (Å²) in [5.41, 5.74) is 2.02. The minimum atomic E-state index is 0.276. The average molecular weight is 341 g/mol. The highest BCUT2D eigenvalue weighted by atomic mass is 16.7. The molecule has 1 fully saturated rings. The Morgan fingerprint density at radius 1 is 1.12 bits per heavy atom. The van der Waals surface area contributed by atoms with Gasteiger partial charge in [-0.15, -0.1) is 0 Å². The van der Waals surface area contributed by atoms with Gasteiger partial charge in [0.2, 0.25) is 12.7 Å². The predicted molar refractivity (Wildman–Crippen MR) is 96.9 cm³/mol. The van der Waals surface area contributed by atoms with Crippen molar-refractivity contribution in [1.29, 1.82) is 0 Å². The van der Waals surface area contributed by atoms with E-state index in [9.17, 15) is 0 Å². The van der Waals surface area contributed by atoms with Crippen molar-refractivity contribution >= 4 is 17.5 Å². The molecule has 0 bridgehead atoms. The summed E-state index contributed by atoms with van der Waals surface area (Å²) in [6, 6.07) is 7.84. The Morgan fingerprint density at radius 2 is 1.96 bits per heavy atom. The van der Waals surface area contributed by atoms with Crippen LogP contribution in [0.2, 0.25) is 0 Å². The number of fused-ring (bicyclic) bond motifs is 1. The SMILES string of the molecule is CN(C)CCNc1nc(Nc2ccc3c(c2)OCO3)cc(C2CC2)n1. The van der Waals surface area contributed by atoms with Crippen molar-refractivity contribution < 1.29 is 9.47 Å². The van der Waals surface area contributed by atoms with E-state index in [4.69, 9.17) is 9.47 Å². The second-order valence-electron chi connectivity index (χ2n) is 6.70. The molecule has 25 heavy (non-hydrogen) atoms. The van der Waals surface area contributed by atoms with E-state index in [2.05, 4.69) is 39.6 Å². The van der Waals surface area contributed by atoms with Crippen LogP contribution in [0.15, 0.2) is 24.3 Å². The number of hydrogen-bond acceptors (Lipinski definition) is 7. The highest BCUT2D eigenvalue weighted by molar-refractivity contribution is 5.62. The quantitative estimate of drug-likeness (QED) is 0.802.